The Bertz CT molecular complexity index is 428. The Morgan fingerprint density at radius 2 is 2.17 bits per heavy atom. The van der Waals surface area contributed by atoms with Gasteiger partial charge < -0.3 is 4.85 Å². The van der Waals surface area contributed by atoms with E-state index in [0.717, 1.165) is 0 Å². The van der Waals surface area contributed by atoms with Gasteiger partial charge in [0.05, 0.1) is 12.1 Å². The number of nitriles is 1. The fourth-order valence-electron chi connectivity index (χ4n) is 0.675. The zero-order valence-corrected chi connectivity index (χ0v) is 5.94. The van der Waals surface area contributed by atoms with Gasteiger partial charge in [-0.05, 0) is 6.07 Å². The third-order valence-corrected chi connectivity index (χ3v) is 1.20. The Kier molecular flexibility index (Phi) is 2.02. The molecule has 1 aromatic heterocycles. The second-order valence-corrected chi connectivity index (χ2v) is 1.90. The van der Waals surface area contributed by atoms with Crippen molar-refractivity contribution in [3.8, 4) is 6.07 Å². The van der Waals surface area contributed by atoms with Crippen LogP contribution in [0.5, 0.6) is 0 Å². The summed E-state index contributed by atoms with van der Waals surface area (Å²) in [6, 6.07) is 3.20. The molecule has 0 saturated heterocycles. The van der Waals surface area contributed by atoms with E-state index in [4.69, 9.17) is 18.4 Å². The molecule has 1 rings (SSSR count). The van der Waals surface area contributed by atoms with Crippen molar-refractivity contribution in [2.45, 2.75) is 0 Å². The zero-order valence-electron chi connectivity index (χ0n) is 5.94. The van der Waals surface area contributed by atoms with Gasteiger partial charge in [-0.1, -0.05) is 6.57 Å². The number of nitrogens with zero attached hydrogens (tertiary/aromatic N) is 4. The van der Waals surface area contributed by atoms with Gasteiger partial charge in [-0.3, -0.25) is 0 Å². The SMILES string of the molecule is [C-]#[N+]c1cc(C#N)cnc1[N+]#[C-]. The van der Waals surface area contributed by atoms with Gasteiger partial charge >= 0.3 is 0 Å². The molecular formula is C8H2N4. The van der Waals surface area contributed by atoms with E-state index in [-0.39, 0.29) is 11.5 Å². The predicted molar refractivity (Wildman–Crippen MR) is 41.5 cm³/mol. The molecule has 12 heavy (non-hydrogen) atoms. The highest BCUT2D eigenvalue weighted by Crippen LogP contribution is 2.25. The van der Waals surface area contributed by atoms with Gasteiger partial charge in [-0.2, -0.15) is 5.26 Å². The molecule has 1 heterocycles. The summed E-state index contributed by atoms with van der Waals surface area (Å²) in [5.41, 5.74) is 0.428. The Labute approximate surface area is 69.3 Å². The summed E-state index contributed by atoms with van der Waals surface area (Å²) in [6.07, 6.45) is 1.28. The van der Waals surface area contributed by atoms with E-state index in [9.17, 15) is 0 Å². The molecule has 0 unspecified atom stereocenters. The minimum absolute atomic E-state index is 0.0454. The Hall–Kier alpha value is -2.38. The van der Waals surface area contributed by atoms with Crippen LogP contribution < -0.4 is 0 Å². The van der Waals surface area contributed by atoms with E-state index in [1.165, 1.54) is 12.3 Å². The largest absolute Gasteiger partial charge is 0.371 e. The topological polar surface area (TPSA) is 45.4 Å². The number of hydrogen-bond acceptors (Lipinski definition) is 2. The van der Waals surface area contributed by atoms with Crippen LogP contribution in [-0.4, -0.2) is 4.98 Å². The molecule has 0 amide bonds. The van der Waals surface area contributed by atoms with Crippen molar-refractivity contribution >= 4 is 11.5 Å². The van der Waals surface area contributed by atoms with Crippen LogP contribution in [0.15, 0.2) is 12.3 Å². The maximum absolute atomic E-state index is 8.45. The molecule has 0 bridgehead atoms. The molecule has 0 aliphatic heterocycles. The molecular weight excluding hydrogens is 152 g/mol. The van der Waals surface area contributed by atoms with Crippen molar-refractivity contribution in [2.75, 3.05) is 0 Å². The van der Waals surface area contributed by atoms with Crippen LogP contribution in [0.4, 0.5) is 11.5 Å². The monoisotopic (exact) mass is 154 g/mol. The van der Waals surface area contributed by atoms with Crippen molar-refractivity contribution in [3.63, 3.8) is 0 Å². The summed E-state index contributed by atoms with van der Waals surface area (Å²) < 4.78 is 0. The fourth-order valence-corrected chi connectivity index (χ4v) is 0.675. The van der Waals surface area contributed by atoms with E-state index < -0.39 is 0 Å². The van der Waals surface area contributed by atoms with E-state index in [0.29, 0.717) is 5.56 Å². The third-order valence-electron chi connectivity index (χ3n) is 1.20. The predicted octanol–water partition coefficient (Wildman–Crippen LogP) is 2.05. The van der Waals surface area contributed by atoms with Crippen LogP contribution in [0.3, 0.4) is 0 Å². The first-order valence-corrected chi connectivity index (χ1v) is 2.97. The highest BCUT2D eigenvalue weighted by Gasteiger charge is 2.04. The molecule has 0 aliphatic carbocycles. The van der Waals surface area contributed by atoms with Crippen molar-refractivity contribution in [1.82, 2.24) is 4.98 Å². The molecule has 0 radical (unpaired) electrons. The second-order valence-electron chi connectivity index (χ2n) is 1.90. The average molecular weight is 154 g/mol. The van der Waals surface area contributed by atoms with Crippen molar-refractivity contribution in [1.29, 1.82) is 5.26 Å². The molecule has 0 aliphatic rings. The number of pyridine rings is 1. The van der Waals surface area contributed by atoms with Gasteiger partial charge in [0.2, 0.25) is 5.69 Å². The van der Waals surface area contributed by atoms with E-state index in [2.05, 4.69) is 14.7 Å². The van der Waals surface area contributed by atoms with E-state index in [1.54, 1.807) is 0 Å². The summed E-state index contributed by atoms with van der Waals surface area (Å²) in [6.45, 7) is 13.3. The van der Waals surface area contributed by atoms with Crippen LogP contribution in [0.2, 0.25) is 0 Å². The molecule has 0 fully saturated rings. The van der Waals surface area contributed by atoms with Crippen molar-refractivity contribution in [2.24, 2.45) is 0 Å². The minimum atomic E-state index is 0.0454. The molecule has 0 spiro atoms. The average Bonchev–Trinajstić information content (AvgIpc) is 2.16. The molecule has 54 valence electrons. The first-order chi connectivity index (χ1) is 5.81. The van der Waals surface area contributed by atoms with E-state index >= 15 is 0 Å². The third kappa shape index (κ3) is 1.21. The minimum Gasteiger partial charge on any atom is -0.371 e. The second kappa shape index (κ2) is 3.14. The van der Waals surface area contributed by atoms with Gasteiger partial charge in [0, 0.05) is 0 Å². The zero-order chi connectivity index (χ0) is 8.97. The summed E-state index contributed by atoms with van der Waals surface area (Å²) in [4.78, 5) is 9.75. The van der Waals surface area contributed by atoms with Gasteiger partial charge in [-0.25, -0.2) is 4.85 Å². The van der Waals surface area contributed by atoms with E-state index in [1.807, 2.05) is 6.07 Å². The molecule has 0 N–H and O–H groups in total. The van der Waals surface area contributed by atoms with Crippen LogP contribution in [-0.2, 0) is 0 Å². The highest BCUT2D eigenvalue weighted by atomic mass is 14.9. The van der Waals surface area contributed by atoms with Gasteiger partial charge in [0.1, 0.15) is 12.3 Å². The first kappa shape index (κ1) is 7.72. The Morgan fingerprint density at radius 1 is 1.42 bits per heavy atom. The lowest BCUT2D eigenvalue weighted by Crippen LogP contribution is -1.76. The molecule has 0 atom stereocenters. The van der Waals surface area contributed by atoms with Crippen molar-refractivity contribution < 1.29 is 0 Å². The summed E-state index contributed by atoms with van der Waals surface area (Å²) in [5, 5.41) is 8.45. The molecule has 4 heteroatoms. The lowest BCUT2D eigenvalue weighted by Gasteiger charge is -1.90. The Morgan fingerprint density at radius 3 is 2.67 bits per heavy atom. The van der Waals surface area contributed by atoms with Crippen LogP contribution in [0.25, 0.3) is 9.69 Å². The number of hydrogen-bond donors (Lipinski definition) is 0. The Balaban J connectivity index is 3.37. The smallest absolute Gasteiger partial charge is 0.274 e. The summed E-state index contributed by atoms with van der Waals surface area (Å²) >= 11 is 0. The number of aromatic nitrogens is 1. The summed E-state index contributed by atoms with van der Waals surface area (Å²) in [5.74, 6) is 0.0454. The van der Waals surface area contributed by atoms with Gasteiger partial charge in [-0.15, -0.1) is 4.98 Å². The normalized spacial score (nSPS) is 7.75. The standard InChI is InChI=1S/C8H2N4/c1-10-7-3-6(4-9)5-12-8(7)11-2/h3,5H. The number of rotatable bonds is 0. The van der Waals surface area contributed by atoms with Crippen LogP contribution in [0, 0.1) is 24.5 Å². The van der Waals surface area contributed by atoms with Gasteiger partial charge in [0.15, 0.2) is 0 Å². The quantitative estimate of drug-likeness (QED) is 0.537. The summed E-state index contributed by atoms with van der Waals surface area (Å²) in [7, 11) is 0. The van der Waals surface area contributed by atoms with Crippen LogP contribution >= 0.6 is 0 Å². The lowest BCUT2D eigenvalue weighted by molar-refractivity contribution is 1.33. The van der Waals surface area contributed by atoms with Crippen molar-refractivity contribution in [3.05, 3.63) is 40.7 Å². The van der Waals surface area contributed by atoms with Crippen LogP contribution in [0.1, 0.15) is 5.56 Å². The molecule has 1 aromatic rings. The first-order valence-electron chi connectivity index (χ1n) is 2.97. The molecule has 0 saturated carbocycles. The molecule has 4 nitrogen and oxygen atoms in total. The highest BCUT2D eigenvalue weighted by molar-refractivity contribution is 5.67. The fraction of sp³-hybridized carbons (Fsp3) is 0. The lowest BCUT2D eigenvalue weighted by atomic mass is 10.3. The maximum Gasteiger partial charge on any atom is 0.274 e. The maximum atomic E-state index is 8.45. The van der Waals surface area contributed by atoms with Gasteiger partial charge in [0.25, 0.3) is 5.82 Å². The molecule has 0 aromatic carbocycles.